The van der Waals surface area contributed by atoms with E-state index in [2.05, 4.69) is 0 Å². The zero-order valence-corrected chi connectivity index (χ0v) is 9.87. The fourth-order valence-corrected chi connectivity index (χ4v) is 1.62. The molecule has 0 spiro atoms. The third kappa shape index (κ3) is 3.63. The molecule has 1 N–H and O–H groups in total. The molecule has 0 aliphatic heterocycles. The van der Waals surface area contributed by atoms with Gasteiger partial charge in [-0.2, -0.15) is 0 Å². The van der Waals surface area contributed by atoms with Gasteiger partial charge in [-0.05, 0) is 23.3 Å². The molecule has 3 nitrogen and oxygen atoms in total. The van der Waals surface area contributed by atoms with E-state index in [4.69, 9.17) is 4.74 Å². The van der Waals surface area contributed by atoms with E-state index >= 15 is 0 Å². The maximum absolute atomic E-state index is 11.6. The molecule has 0 aliphatic carbocycles. The summed E-state index contributed by atoms with van der Waals surface area (Å²) in [5.74, 6) is -0.146. The van der Waals surface area contributed by atoms with E-state index in [0.717, 1.165) is 11.1 Å². The van der Waals surface area contributed by atoms with Crippen molar-refractivity contribution in [2.75, 3.05) is 0 Å². The molecule has 18 heavy (non-hydrogen) atoms. The molecule has 0 aromatic heterocycles. The standard InChI is InChI=1S/C15H14O3/c16-14-8-4-7-13(9-14)10-15(17)18-11-12-5-2-1-3-6-12/h1-9,16H,10-11H2. The Morgan fingerprint density at radius 1 is 1.00 bits per heavy atom. The zero-order chi connectivity index (χ0) is 12.8. The van der Waals surface area contributed by atoms with Crippen LogP contribution in [0.1, 0.15) is 11.1 Å². The lowest BCUT2D eigenvalue weighted by molar-refractivity contribution is -0.144. The summed E-state index contributed by atoms with van der Waals surface area (Å²) in [6.45, 7) is 0.276. The number of phenols is 1. The largest absolute Gasteiger partial charge is 0.508 e. The first kappa shape index (κ1) is 12.2. The number of hydrogen-bond donors (Lipinski definition) is 1. The van der Waals surface area contributed by atoms with Crippen LogP contribution in [0.5, 0.6) is 5.75 Å². The summed E-state index contributed by atoms with van der Waals surface area (Å²) >= 11 is 0. The number of ether oxygens (including phenoxy) is 1. The van der Waals surface area contributed by atoms with Crippen molar-refractivity contribution in [3.8, 4) is 5.75 Å². The second-order valence-electron chi connectivity index (χ2n) is 3.99. The van der Waals surface area contributed by atoms with Crippen LogP contribution in [-0.4, -0.2) is 11.1 Å². The van der Waals surface area contributed by atoms with Gasteiger partial charge in [0.25, 0.3) is 0 Å². The number of carbonyl (C=O) groups excluding carboxylic acids is 1. The van der Waals surface area contributed by atoms with Crippen LogP contribution in [-0.2, 0) is 22.6 Å². The fraction of sp³-hybridized carbons (Fsp3) is 0.133. The van der Waals surface area contributed by atoms with Gasteiger partial charge in [0.05, 0.1) is 6.42 Å². The fourth-order valence-electron chi connectivity index (χ4n) is 1.62. The van der Waals surface area contributed by atoms with Crippen LogP contribution in [0, 0.1) is 0 Å². The molecule has 3 heteroatoms. The van der Waals surface area contributed by atoms with Crippen molar-refractivity contribution >= 4 is 5.97 Å². The summed E-state index contributed by atoms with van der Waals surface area (Å²) in [6, 6.07) is 16.1. The Hall–Kier alpha value is -2.29. The molecule has 0 atom stereocenters. The van der Waals surface area contributed by atoms with E-state index in [9.17, 15) is 9.90 Å². The number of benzene rings is 2. The van der Waals surface area contributed by atoms with Crippen molar-refractivity contribution in [1.29, 1.82) is 0 Å². The predicted molar refractivity (Wildman–Crippen MR) is 68.0 cm³/mol. The van der Waals surface area contributed by atoms with Crippen LogP contribution in [0.25, 0.3) is 0 Å². The molecule has 92 valence electrons. The Kier molecular flexibility index (Phi) is 3.97. The van der Waals surface area contributed by atoms with Crippen molar-refractivity contribution < 1.29 is 14.6 Å². The Morgan fingerprint density at radius 3 is 2.44 bits per heavy atom. The van der Waals surface area contributed by atoms with E-state index in [-0.39, 0.29) is 24.7 Å². The van der Waals surface area contributed by atoms with Crippen molar-refractivity contribution in [2.45, 2.75) is 13.0 Å². The number of aromatic hydroxyl groups is 1. The minimum absolute atomic E-state index is 0.156. The molecule has 2 aromatic rings. The molecule has 0 unspecified atom stereocenters. The third-order valence-electron chi connectivity index (χ3n) is 2.50. The van der Waals surface area contributed by atoms with Gasteiger partial charge in [0.2, 0.25) is 0 Å². The van der Waals surface area contributed by atoms with Gasteiger partial charge in [0, 0.05) is 0 Å². The molecule has 0 bridgehead atoms. The maximum atomic E-state index is 11.6. The van der Waals surface area contributed by atoms with Crippen molar-refractivity contribution in [1.82, 2.24) is 0 Å². The molecule has 0 fully saturated rings. The summed E-state index contributed by atoms with van der Waals surface area (Å²) in [5.41, 5.74) is 1.70. The Labute approximate surface area is 106 Å². The summed E-state index contributed by atoms with van der Waals surface area (Å²) in [5, 5.41) is 9.28. The third-order valence-corrected chi connectivity index (χ3v) is 2.50. The number of hydrogen-bond acceptors (Lipinski definition) is 3. The van der Waals surface area contributed by atoms with Crippen LogP contribution in [0.2, 0.25) is 0 Å². The SMILES string of the molecule is O=C(Cc1cccc(O)c1)OCc1ccccc1. The highest BCUT2D eigenvalue weighted by Gasteiger charge is 2.05. The summed E-state index contributed by atoms with van der Waals surface area (Å²) < 4.78 is 5.15. The van der Waals surface area contributed by atoms with Gasteiger partial charge in [0.1, 0.15) is 12.4 Å². The highest BCUT2D eigenvalue weighted by atomic mass is 16.5. The molecular weight excluding hydrogens is 228 g/mol. The monoisotopic (exact) mass is 242 g/mol. The van der Waals surface area contributed by atoms with Crippen LogP contribution in [0.15, 0.2) is 54.6 Å². The Bertz CT molecular complexity index is 520. The van der Waals surface area contributed by atoms with Crippen molar-refractivity contribution in [3.05, 3.63) is 65.7 Å². The van der Waals surface area contributed by atoms with Gasteiger partial charge >= 0.3 is 5.97 Å². The van der Waals surface area contributed by atoms with Gasteiger partial charge in [-0.15, -0.1) is 0 Å². The van der Waals surface area contributed by atoms with E-state index in [1.54, 1.807) is 24.3 Å². The summed E-state index contributed by atoms with van der Waals surface area (Å²) in [4.78, 5) is 11.6. The van der Waals surface area contributed by atoms with Gasteiger partial charge < -0.3 is 9.84 Å². The van der Waals surface area contributed by atoms with Gasteiger partial charge in [-0.1, -0.05) is 42.5 Å². The number of rotatable bonds is 4. The smallest absolute Gasteiger partial charge is 0.310 e. The quantitative estimate of drug-likeness (QED) is 0.838. The molecule has 0 aliphatic rings. The predicted octanol–water partition coefficient (Wildman–Crippen LogP) is 2.68. The molecule has 0 heterocycles. The van der Waals surface area contributed by atoms with E-state index in [0.29, 0.717) is 0 Å². The topological polar surface area (TPSA) is 46.5 Å². The molecule has 0 amide bonds. The summed E-state index contributed by atoms with van der Waals surface area (Å²) in [6.07, 6.45) is 0.168. The maximum Gasteiger partial charge on any atom is 0.310 e. The minimum atomic E-state index is -0.301. The first-order valence-corrected chi connectivity index (χ1v) is 5.71. The second kappa shape index (κ2) is 5.87. The number of carbonyl (C=O) groups is 1. The summed E-state index contributed by atoms with van der Waals surface area (Å²) in [7, 11) is 0. The second-order valence-corrected chi connectivity index (χ2v) is 3.99. The molecule has 0 saturated heterocycles. The van der Waals surface area contributed by atoms with Crippen LogP contribution in [0.3, 0.4) is 0 Å². The molecule has 0 radical (unpaired) electrons. The lowest BCUT2D eigenvalue weighted by Gasteiger charge is -2.05. The Balaban J connectivity index is 1.86. The lowest BCUT2D eigenvalue weighted by atomic mass is 10.1. The normalized spacial score (nSPS) is 10.0. The minimum Gasteiger partial charge on any atom is -0.508 e. The number of phenolic OH excluding ortho intramolecular Hbond substituents is 1. The van der Waals surface area contributed by atoms with Crippen molar-refractivity contribution in [3.63, 3.8) is 0 Å². The lowest BCUT2D eigenvalue weighted by Crippen LogP contribution is -2.07. The first-order valence-electron chi connectivity index (χ1n) is 5.71. The van der Waals surface area contributed by atoms with Gasteiger partial charge in [-0.3, -0.25) is 4.79 Å². The van der Waals surface area contributed by atoms with Gasteiger partial charge in [-0.25, -0.2) is 0 Å². The molecule has 0 saturated carbocycles. The van der Waals surface area contributed by atoms with Crippen LogP contribution < -0.4 is 0 Å². The van der Waals surface area contributed by atoms with E-state index in [1.807, 2.05) is 30.3 Å². The van der Waals surface area contributed by atoms with Gasteiger partial charge in [0.15, 0.2) is 0 Å². The molecule has 2 rings (SSSR count). The van der Waals surface area contributed by atoms with Crippen molar-refractivity contribution in [2.24, 2.45) is 0 Å². The zero-order valence-electron chi connectivity index (χ0n) is 9.87. The van der Waals surface area contributed by atoms with Crippen LogP contribution in [0.4, 0.5) is 0 Å². The first-order chi connectivity index (χ1) is 8.74. The van der Waals surface area contributed by atoms with E-state index in [1.165, 1.54) is 0 Å². The average Bonchev–Trinajstić information content (AvgIpc) is 2.38. The van der Waals surface area contributed by atoms with Crippen LogP contribution >= 0.6 is 0 Å². The van der Waals surface area contributed by atoms with E-state index < -0.39 is 0 Å². The average molecular weight is 242 g/mol. The Morgan fingerprint density at radius 2 is 1.72 bits per heavy atom. The number of esters is 1. The highest BCUT2D eigenvalue weighted by Crippen LogP contribution is 2.12. The highest BCUT2D eigenvalue weighted by molar-refractivity contribution is 5.72. The molecule has 2 aromatic carbocycles. The molecular formula is C15H14O3.